The quantitative estimate of drug-likeness (QED) is 0.360. The van der Waals surface area contributed by atoms with Gasteiger partial charge in [0.2, 0.25) is 0 Å². The van der Waals surface area contributed by atoms with Crippen LogP contribution in [0.4, 0.5) is 17.1 Å². The molecular formula is C15H18N4O6. The van der Waals surface area contributed by atoms with Crippen molar-refractivity contribution in [2.45, 2.75) is 38.7 Å². The number of nitrogens with one attached hydrogen (secondary N) is 1. The summed E-state index contributed by atoms with van der Waals surface area (Å²) in [4.78, 5) is 31.3. The van der Waals surface area contributed by atoms with E-state index in [9.17, 15) is 25.0 Å². The number of hydrogen-bond acceptors (Lipinski definition) is 8. The number of rotatable bonds is 6. The van der Waals surface area contributed by atoms with Gasteiger partial charge in [-0.3, -0.25) is 30.4 Å². The minimum Gasteiger partial charge on any atom is -0.463 e. The molecule has 25 heavy (non-hydrogen) atoms. The van der Waals surface area contributed by atoms with Crippen molar-refractivity contribution in [3.05, 3.63) is 38.4 Å². The molecule has 1 aliphatic carbocycles. The van der Waals surface area contributed by atoms with Gasteiger partial charge in [0.15, 0.2) is 0 Å². The van der Waals surface area contributed by atoms with E-state index in [1.54, 1.807) is 6.21 Å². The number of carbonyl (C=O) groups is 1. The van der Waals surface area contributed by atoms with E-state index in [2.05, 4.69) is 10.5 Å². The zero-order valence-corrected chi connectivity index (χ0v) is 13.6. The molecule has 1 saturated carbocycles. The Morgan fingerprint density at radius 2 is 1.92 bits per heavy atom. The molecule has 1 aromatic carbocycles. The highest BCUT2D eigenvalue weighted by atomic mass is 16.6. The monoisotopic (exact) mass is 350 g/mol. The summed E-state index contributed by atoms with van der Waals surface area (Å²) >= 11 is 0. The highest BCUT2D eigenvalue weighted by molar-refractivity contribution is 5.68. The molecule has 1 aliphatic rings. The molecular weight excluding hydrogens is 332 g/mol. The van der Waals surface area contributed by atoms with Crippen LogP contribution < -0.4 is 5.43 Å². The number of esters is 1. The standard InChI is InChI=1S/C15H18N4O6/c1-10(20)25-13-5-2-11(3-6-13)9-16-17-14-7-4-12(18(21)22)8-15(14)19(23)24/h4,7-9,11,13,17H,2-3,5-6H2,1H3/b16-9-. The van der Waals surface area contributed by atoms with Crippen molar-refractivity contribution in [2.75, 3.05) is 5.43 Å². The van der Waals surface area contributed by atoms with E-state index in [4.69, 9.17) is 4.74 Å². The maximum Gasteiger partial charge on any atom is 0.302 e. The van der Waals surface area contributed by atoms with E-state index in [1.807, 2.05) is 0 Å². The average molecular weight is 350 g/mol. The van der Waals surface area contributed by atoms with Crippen molar-refractivity contribution in [1.82, 2.24) is 0 Å². The SMILES string of the molecule is CC(=O)OC1CCC(/C=N\Nc2ccc([N+](=O)[O-])cc2[N+](=O)[O-])CC1. The van der Waals surface area contributed by atoms with Crippen LogP contribution in [0.5, 0.6) is 0 Å². The molecule has 1 aromatic rings. The molecule has 0 amide bonds. The number of non-ortho nitro benzene ring substituents is 1. The van der Waals surface area contributed by atoms with Crippen molar-refractivity contribution in [3.8, 4) is 0 Å². The third-order valence-electron chi connectivity index (χ3n) is 3.91. The first-order valence-electron chi connectivity index (χ1n) is 7.76. The number of anilines is 1. The summed E-state index contributed by atoms with van der Waals surface area (Å²) in [6, 6.07) is 3.32. The maximum absolute atomic E-state index is 11.0. The Hall–Kier alpha value is -3.04. The average Bonchev–Trinajstić information content (AvgIpc) is 2.55. The predicted octanol–water partition coefficient (Wildman–Crippen LogP) is 3.02. The Morgan fingerprint density at radius 3 is 2.48 bits per heavy atom. The molecule has 10 heteroatoms. The van der Waals surface area contributed by atoms with Gasteiger partial charge < -0.3 is 4.74 Å². The van der Waals surface area contributed by atoms with Crippen LogP contribution in [0.2, 0.25) is 0 Å². The maximum atomic E-state index is 11.0. The molecule has 0 radical (unpaired) electrons. The lowest BCUT2D eigenvalue weighted by molar-refractivity contribution is -0.393. The molecule has 0 bridgehead atoms. The Labute approximate surface area is 143 Å². The van der Waals surface area contributed by atoms with Crippen LogP contribution in [-0.4, -0.2) is 28.1 Å². The van der Waals surface area contributed by atoms with Gasteiger partial charge in [-0.05, 0) is 37.7 Å². The van der Waals surface area contributed by atoms with Gasteiger partial charge in [-0.25, -0.2) is 0 Å². The lowest BCUT2D eigenvalue weighted by Crippen LogP contribution is -2.24. The lowest BCUT2D eigenvalue weighted by Gasteiger charge is -2.25. The largest absolute Gasteiger partial charge is 0.463 e. The number of ether oxygens (including phenoxy) is 1. The minimum absolute atomic E-state index is 0.0640. The van der Waals surface area contributed by atoms with Crippen LogP contribution in [0, 0.1) is 26.1 Å². The smallest absolute Gasteiger partial charge is 0.302 e. The van der Waals surface area contributed by atoms with Crippen LogP contribution in [-0.2, 0) is 9.53 Å². The van der Waals surface area contributed by atoms with Gasteiger partial charge in [0, 0.05) is 19.2 Å². The van der Waals surface area contributed by atoms with Gasteiger partial charge in [0.25, 0.3) is 5.69 Å². The normalized spacial score (nSPS) is 20.2. The molecule has 0 unspecified atom stereocenters. The number of carbonyl (C=O) groups excluding carboxylic acids is 1. The van der Waals surface area contributed by atoms with E-state index >= 15 is 0 Å². The van der Waals surface area contributed by atoms with Gasteiger partial charge in [-0.1, -0.05) is 0 Å². The van der Waals surface area contributed by atoms with Gasteiger partial charge in [-0.2, -0.15) is 5.10 Å². The zero-order chi connectivity index (χ0) is 18.4. The number of nitro benzene ring substituents is 2. The first-order valence-corrected chi connectivity index (χ1v) is 7.76. The second kappa shape index (κ2) is 8.18. The molecule has 0 spiro atoms. The molecule has 1 N–H and O–H groups in total. The van der Waals surface area contributed by atoms with Gasteiger partial charge in [-0.15, -0.1) is 0 Å². The first-order chi connectivity index (χ1) is 11.9. The number of hydrogen-bond donors (Lipinski definition) is 1. The molecule has 0 heterocycles. The first kappa shape index (κ1) is 18.3. The molecule has 0 saturated heterocycles. The van der Waals surface area contributed by atoms with Crippen LogP contribution in [0.25, 0.3) is 0 Å². The number of nitro groups is 2. The third-order valence-corrected chi connectivity index (χ3v) is 3.91. The second-order valence-corrected chi connectivity index (χ2v) is 5.75. The van der Waals surface area contributed by atoms with Crippen molar-refractivity contribution < 1.29 is 19.4 Å². The summed E-state index contributed by atoms with van der Waals surface area (Å²) in [5, 5.41) is 25.7. The van der Waals surface area contributed by atoms with Crippen LogP contribution in [0.15, 0.2) is 23.3 Å². The topological polar surface area (TPSA) is 137 Å². The fourth-order valence-electron chi connectivity index (χ4n) is 2.68. The molecule has 2 rings (SSSR count). The second-order valence-electron chi connectivity index (χ2n) is 5.75. The van der Waals surface area contributed by atoms with Gasteiger partial charge >= 0.3 is 11.7 Å². The molecule has 0 atom stereocenters. The Balaban J connectivity index is 1.95. The van der Waals surface area contributed by atoms with Crippen LogP contribution in [0.3, 0.4) is 0 Å². The van der Waals surface area contributed by atoms with E-state index < -0.39 is 15.5 Å². The number of hydrazone groups is 1. The molecule has 1 fully saturated rings. The predicted molar refractivity (Wildman–Crippen MR) is 89.4 cm³/mol. The van der Waals surface area contributed by atoms with Crippen molar-refractivity contribution >= 4 is 29.2 Å². The van der Waals surface area contributed by atoms with Crippen molar-refractivity contribution in [3.63, 3.8) is 0 Å². The van der Waals surface area contributed by atoms with Gasteiger partial charge in [0.05, 0.1) is 15.9 Å². The molecule has 134 valence electrons. The summed E-state index contributed by atoms with van der Waals surface area (Å²) in [6.07, 6.45) is 4.68. The fourth-order valence-corrected chi connectivity index (χ4v) is 2.68. The summed E-state index contributed by atoms with van der Waals surface area (Å²) in [5.41, 5.74) is 1.89. The summed E-state index contributed by atoms with van der Waals surface area (Å²) in [6.45, 7) is 1.38. The minimum atomic E-state index is -0.699. The Bertz CT molecular complexity index is 697. The number of nitrogens with zero attached hydrogens (tertiary/aromatic N) is 3. The Kier molecular flexibility index (Phi) is 5.98. The summed E-state index contributed by atoms with van der Waals surface area (Å²) in [7, 11) is 0. The Morgan fingerprint density at radius 1 is 1.24 bits per heavy atom. The third kappa shape index (κ3) is 5.23. The molecule has 10 nitrogen and oxygen atoms in total. The number of benzene rings is 1. The van der Waals surface area contributed by atoms with E-state index in [-0.39, 0.29) is 29.4 Å². The van der Waals surface area contributed by atoms with E-state index in [0.29, 0.717) is 0 Å². The van der Waals surface area contributed by atoms with Gasteiger partial charge in [0.1, 0.15) is 11.8 Å². The summed E-state index contributed by atoms with van der Waals surface area (Å²) in [5.74, 6) is -0.110. The van der Waals surface area contributed by atoms with E-state index in [1.165, 1.54) is 19.1 Å². The highest BCUT2D eigenvalue weighted by Crippen LogP contribution is 2.29. The fraction of sp³-hybridized carbons (Fsp3) is 0.467. The lowest BCUT2D eigenvalue weighted by atomic mass is 9.88. The van der Waals surface area contributed by atoms with Crippen LogP contribution in [0.1, 0.15) is 32.6 Å². The van der Waals surface area contributed by atoms with Crippen LogP contribution >= 0.6 is 0 Å². The summed E-state index contributed by atoms with van der Waals surface area (Å²) < 4.78 is 5.16. The van der Waals surface area contributed by atoms with Crippen molar-refractivity contribution in [2.24, 2.45) is 11.0 Å². The molecule has 0 aliphatic heterocycles. The van der Waals surface area contributed by atoms with Crippen molar-refractivity contribution in [1.29, 1.82) is 0 Å². The molecule has 0 aromatic heterocycles. The highest BCUT2D eigenvalue weighted by Gasteiger charge is 2.22. The van der Waals surface area contributed by atoms with E-state index in [0.717, 1.165) is 31.7 Å². The zero-order valence-electron chi connectivity index (χ0n) is 13.6.